The summed E-state index contributed by atoms with van der Waals surface area (Å²) in [4.78, 5) is 0. The molecule has 92 valence electrons. The summed E-state index contributed by atoms with van der Waals surface area (Å²) >= 11 is 1.77. The Labute approximate surface area is 110 Å². The van der Waals surface area contributed by atoms with Gasteiger partial charge in [0.25, 0.3) is 0 Å². The van der Waals surface area contributed by atoms with Gasteiger partial charge in [0.1, 0.15) is 0 Å². The van der Waals surface area contributed by atoms with Crippen molar-refractivity contribution in [3.63, 3.8) is 0 Å². The molecule has 2 heterocycles. The van der Waals surface area contributed by atoms with Crippen LogP contribution in [-0.4, -0.2) is 9.78 Å². The molecular formula is C14H15N3S. The number of nitrogens with one attached hydrogen (secondary N) is 1. The highest BCUT2D eigenvalue weighted by molar-refractivity contribution is 7.17. The average molecular weight is 257 g/mol. The Kier molecular flexibility index (Phi) is 2.80. The molecule has 0 saturated heterocycles. The van der Waals surface area contributed by atoms with Crippen molar-refractivity contribution in [2.75, 3.05) is 5.32 Å². The molecule has 4 heteroatoms. The molecule has 1 unspecified atom stereocenters. The van der Waals surface area contributed by atoms with Gasteiger partial charge in [-0.25, -0.2) is 0 Å². The predicted molar refractivity (Wildman–Crippen MR) is 77.1 cm³/mol. The number of hydrogen-bond acceptors (Lipinski definition) is 3. The third kappa shape index (κ3) is 1.99. The van der Waals surface area contributed by atoms with Crippen LogP contribution in [-0.2, 0) is 7.05 Å². The lowest BCUT2D eigenvalue weighted by molar-refractivity contribution is 0.676. The van der Waals surface area contributed by atoms with E-state index in [0.717, 1.165) is 5.69 Å². The molecule has 0 bridgehead atoms. The standard InChI is InChI=1S/C14H15N3S/c1-10(13-5-7-15-17(13)2)16-12-3-4-14-11(9-12)6-8-18-14/h3-10,16H,1-2H3. The zero-order chi connectivity index (χ0) is 12.5. The molecule has 0 radical (unpaired) electrons. The minimum absolute atomic E-state index is 0.244. The second-order valence-corrected chi connectivity index (χ2v) is 5.37. The third-order valence-electron chi connectivity index (χ3n) is 3.14. The molecule has 3 rings (SSSR count). The van der Waals surface area contributed by atoms with Gasteiger partial charge >= 0.3 is 0 Å². The monoisotopic (exact) mass is 257 g/mol. The number of hydrogen-bond donors (Lipinski definition) is 1. The van der Waals surface area contributed by atoms with Crippen molar-refractivity contribution in [2.24, 2.45) is 7.05 Å². The van der Waals surface area contributed by atoms with E-state index in [4.69, 9.17) is 0 Å². The van der Waals surface area contributed by atoms with E-state index in [1.807, 2.05) is 24.0 Å². The normalized spacial score (nSPS) is 12.8. The van der Waals surface area contributed by atoms with Crippen LogP contribution in [0.3, 0.4) is 0 Å². The molecule has 1 N–H and O–H groups in total. The van der Waals surface area contributed by atoms with E-state index in [2.05, 4.69) is 47.0 Å². The smallest absolute Gasteiger partial charge is 0.0653 e. The summed E-state index contributed by atoms with van der Waals surface area (Å²) in [5.74, 6) is 0. The van der Waals surface area contributed by atoms with Gasteiger partial charge in [0.05, 0.1) is 11.7 Å². The lowest BCUT2D eigenvalue weighted by Crippen LogP contribution is -2.11. The number of aromatic nitrogens is 2. The molecule has 18 heavy (non-hydrogen) atoms. The average Bonchev–Trinajstić information content (AvgIpc) is 2.96. The molecule has 0 amide bonds. The van der Waals surface area contributed by atoms with E-state index in [1.54, 1.807) is 11.3 Å². The van der Waals surface area contributed by atoms with E-state index in [-0.39, 0.29) is 6.04 Å². The van der Waals surface area contributed by atoms with Crippen LogP contribution in [0.2, 0.25) is 0 Å². The molecule has 2 aromatic heterocycles. The summed E-state index contributed by atoms with van der Waals surface area (Å²) in [6.45, 7) is 2.15. The van der Waals surface area contributed by atoms with E-state index in [1.165, 1.54) is 15.8 Å². The Balaban J connectivity index is 1.85. The van der Waals surface area contributed by atoms with Gasteiger partial charge in [-0.1, -0.05) is 0 Å². The summed E-state index contributed by atoms with van der Waals surface area (Å²) in [6.07, 6.45) is 1.83. The van der Waals surface area contributed by atoms with Gasteiger partial charge in [0, 0.05) is 23.6 Å². The molecule has 1 aromatic carbocycles. The van der Waals surface area contributed by atoms with E-state index < -0.39 is 0 Å². The minimum Gasteiger partial charge on any atom is -0.377 e. The number of rotatable bonds is 3. The molecule has 0 spiro atoms. The van der Waals surface area contributed by atoms with Crippen molar-refractivity contribution in [1.29, 1.82) is 0 Å². The maximum atomic E-state index is 4.20. The van der Waals surface area contributed by atoms with Gasteiger partial charge in [-0.15, -0.1) is 11.3 Å². The molecule has 0 saturated carbocycles. The molecular weight excluding hydrogens is 242 g/mol. The van der Waals surface area contributed by atoms with Gasteiger partial charge < -0.3 is 5.32 Å². The van der Waals surface area contributed by atoms with Crippen molar-refractivity contribution in [3.8, 4) is 0 Å². The van der Waals surface area contributed by atoms with Crippen molar-refractivity contribution in [2.45, 2.75) is 13.0 Å². The summed E-state index contributed by atoms with van der Waals surface area (Å²) < 4.78 is 3.23. The second-order valence-electron chi connectivity index (χ2n) is 4.42. The first kappa shape index (κ1) is 11.3. The van der Waals surface area contributed by atoms with E-state index >= 15 is 0 Å². The molecule has 0 aliphatic heterocycles. The number of anilines is 1. The highest BCUT2D eigenvalue weighted by atomic mass is 32.1. The van der Waals surface area contributed by atoms with Gasteiger partial charge in [-0.05, 0) is 48.0 Å². The lowest BCUT2D eigenvalue weighted by atomic mass is 10.2. The molecule has 3 aromatic rings. The van der Waals surface area contributed by atoms with Crippen LogP contribution < -0.4 is 5.32 Å². The van der Waals surface area contributed by atoms with Gasteiger partial charge in [-0.2, -0.15) is 5.10 Å². The van der Waals surface area contributed by atoms with Gasteiger partial charge in [0.2, 0.25) is 0 Å². The predicted octanol–water partition coefficient (Wildman–Crippen LogP) is 3.81. The zero-order valence-corrected chi connectivity index (χ0v) is 11.2. The topological polar surface area (TPSA) is 29.9 Å². The summed E-state index contributed by atoms with van der Waals surface area (Å²) in [5, 5.41) is 11.1. The summed E-state index contributed by atoms with van der Waals surface area (Å²) in [6, 6.07) is 10.9. The first-order valence-electron chi connectivity index (χ1n) is 5.96. The maximum absolute atomic E-state index is 4.20. The summed E-state index contributed by atoms with van der Waals surface area (Å²) in [7, 11) is 1.97. The summed E-state index contributed by atoms with van der Waals surface area (Å²) in [5.41, 5.74) is 2.33. The van der Waals surface area contributed by atoms with Gasteiger partial charge in [-0.3, -0.25) is 4.68 Å². The Morgan fingerprint density at radius 3 is 2.94 bits per heavy atom. The van der Waals surface area contributed by atoms with Crippen LogP contribution in [0.5, 0.6) is 0 Å². The number of aryl methyl sites for hydroxylation is 1. The fourth-order valence-electron chi connectivity index (χ4n) is 2.19. The quantitative estimate of drug-likeness (QED) is 0.773. The van der Waals surface area contributed by atoms with Crippen LogP contribution in [0.15, 0.2) is 41.9 Å². The van der Waals surface area contributed by atoms with Crippen molar-refractivity contribution in [3.05, 3.63) is 47.6 Å². The van der Waals surface area contributed by atoms with Gasteiger partial charge in [0.15, 0.2) is 0 Å². The van der Waals surface area contributed by atoms with Crippen molar-refractivity contribution < 1.29 is 0 Å². The van der Waals surface area contributed by atoms with E-state index in [9.17, 15) is 0 Å². The maximum Gasteiger partial charge on any atom is 0.0653 e. The Hall–Kier alpha value is -1.81. The van der Waals surface area contributed by atoms with Crippen LogP contribution in [0.25, 0.3) is 10.1 Å². The first-order chi connectivity index (χ1) is 8.74. The Bertz CT molecular complexity index is 668. The lowest BCUT2D eigenvalue weighted by Gasteiger charge is -2.15. The largest absolute Gasteiger partial charge is 0.377 e. The highest BCUT2D eigenvalue weighted by Gasteiger charge is 2.09. The number of benzene rings is 1. The van der Waals surface area contributed by atoms with Crippen LogP contribution in [0, 0.1) is 0 Å². The fourth-order valence-corrected chi connectivity index (χ4v) is 2.96. The minimum atomic E-state index is 0.244. The molecule has 0 aliphatic carbocycles. The van der Waals surface area contributed by atoms with Crippen LogP contribution in [0.4, 0.5) is 5.69 Å². The van der Waals surface area contributed by atoms with E-state index in [0.29, 0.717) is 0 Å². The van der Waals surface area contributed by atoms with Crippen molar-refractivity contribution >= 4 is 27.1 Å². The third-order valence-corrected chi connectivity index (χ3v) is 4.04. The second kappa shape index (κ2) is 4.46. The molecule has 3 nitrogen and oxygen atoms in total. The number of fused-ring (bicyclic) bond motifs is 1. The Morgan fingerprint density at radius 1 is 1.28 bits per heavy atom. The molecule has 1 atom stereocenters. The fraction of sp³-hybridized carbons (Fsp3) is 0.214. The number of thiophene rings is 1. The molecule has 0 fully saturated rings. The highest BCUT2D eigenvalue weighted by Crippen LogP contribution is 2.26. The first-order valence-corrected chi connectivity index (χ1v) is 6.84. The SMILES string of the molecule is CC(Nc1ccc2sccc2c1)c1ccnn1C. The Morgan fingerprint density at radius 2 is 2.17 bits per heavy atom. The van der Waals surface area contributed by atoms with Crippen LogP contribution in [0.1, 0.15) is 18.7 Å². The van der Waals surface area contributed by atoms with Crippen LogP contribution >= 0.6 is 11.3 Å². The molecule has 0 aliphatic rings. The zero-order valence-electron chi connectivity index (χ0n) is 10.4. The van der Waals surface area contributed by atoms with Crippen molar-refractivity contribution in [1.82, 2.24) is 9.78 Å². The number of nitrogens with zero attached hydrogens (tertiary/aromatic N) is 2.